The number of halogens is 6. The van der Waals surface area contributed by atoms with Gasteiger partial charge >= 0.3 is 37.2 Å². The van der Waals surface area contributed by atoms with Crippen molar-refractivity contribution >= 4 is 23.3 Å². The first-order valence-electron chi connectivity index (χ1n) is 8.17. The fourth-order valence-electron chi connectivity index (χ4n) is 2.06. The van der Waals surface area contributed by atoms with Crippen LogP contribution in [0.2, 0.25) is 0 Å². The van der Waals surface area contributed by atoms with Gasteiger partial charge in [-0.05, 0) is 44.5 Å². The molecule has 168 valence electrons. The van der Waals surface area contributed by atoms with E-state index in [-0.39, 0.29) is 67.8 Å². The molecule has 1 N–H and O–H groups in total. The summed E-state index contributed by atoms with van der Waals surface area (Å²) in [5.74, 6) is -0.666. The van der Waals surface area contributed by atoms with Crippen LogP contribution in [-0.4, -0.2) is 45.0 Å². The van der Waals surface area contributed by atoms with Gasteiger partial charge in [0, 0.05) is 5.69 Å². The Morgan fingerprint density at radius 1 is 0.968 bits per heavy atom. The van der Waals surface area contributed by atoms with Crippen molar-refractivity contribution in [1.29, 1.82) is 0 Å². The Balaban J connectivity index is -0.000000488. The summed E-state index contributed by atoms with van der Waals surface area (Å²) in [7, 11) is 0. The van der Waals surface area contributed by atoms with Crippen LogP contribution in [0.4, 0.5) is 26.3 Å². The van der Waals surface area contributed by atoms with Crippen molar-refractivity contribution in [3.8, 4) is 0 Å². The predicted octanol–water partition coefficient (Wildman–Crippen LogP) is 0.419. The molecule has 0 saturated heterocycles. The third-order valence-corrected chi connectivity index (χ3v) is 3.53. The standard InChI is InChI=1S/C10H10F3NO2.C8H8F3NO.Al.Li.4H/c1-3-16-9(15)7-4-5-8(10(11,12)13)14-6(7)2;1-5-6(4-13)2-3-7(12-5)8(9,10)11;;;;;;/h4-5H,3H2,1-2H3;2-3,13H,4H2,1H3;;;;;;/q;;;+1;;;;-1. The molecule has 0 spiro atoms. The minimum Gasteiger partial charge on any atom is -1.00 e. The second-order valence-electron chi connectivity index (χ2n) is 5.64. The van der Waals surface area contributed by atoms with Gasteiger partial charge in [-0.15, -0.1) is 0 Å². The first-order chi connectivity index (χ1) is 13.3. The van der Waals surface area contributed by atoms with Gasteiger partial charge in [0.15, 0.2) is 17.4 Å². The Hall–Kier alpha value is -1.56. The summed E-state index contributed by atoms with van der Waals surface area (Å²) in [5.41, 5.74) is -1.27. The third kappa shape index (κ3) is 9.63. The normalized spacial score (nSPS) is 10.8. The molecule has 0 amide bonds. The minimum absolute atomic E-state index is 0. The van der Waals surface area contributed by atoms with E-state index in [4.69, 9.17) is 5.11 Å². The van der Waals surface area contributed by atoms with Gasteiger partial charge in [0.25, 0.3) is 0 Å². The Bertz CT molecular complexity index is 870. The number of ether oxygens (including phenoxy) is 1. The number of aliphatic hydroxyl groups is 1. The summed E-state index contributed by atoms with van der Waals surface area (Å²) in [6, 6.07) is 3.92. The van der Waals surface area contributed by atoms with E-state index < -0.39 is 29.7 Å². The van der Waals surface area contributed by atoms with Gasteiger partial charge in [0.2, 0.25) is 0 Å². The van der Waals surface area contributed by atoms with E-state index >= 15 is 0 Å². The van der Waals surface area contributed by atoms with Gasteiger partial charge in [-0.1, -0.05) is 6.07 Å². The van der Waals surface area contributed by atoms with Crippen molar-refractivity contribution in [2.75, 3.05) is 6.61 Å². The molecule has 0 atom stereocenters. The van der Waals surface area contributed by atoms with E-state index in [1.54, 1.807) is 6.92 Å². The quantitative estimate of drug-likeness (QED) is 0.407. The molecular weight excluding hydrogens is 440 g/mol. The fraction of sp³-hybridized carbons (Fsp3) is 0.389. The van der Waals surface area contributed by atoms with E-state index in [0.717, 1.165) is 18.2 Å². The van der Waals surface area contributed by atoms with Crippen molar-refractivity contribution in [2.45, 2.75) is 39.7 Å². The summed E-state index contributed by atoms with van der Waals surface area (Å²) in [4.78, 5) is 17.9. The minimum atomic E-state index is -4.50. The topological polar surface area (TPSA) is 72.3 Å². The van der Waals surface area contributed by atoms with Gasteiger partial charge in [0.05, 0.1) is 24.5 Å². The van der Waals surface area contributed by atoms with Crippen LogP contribution in [0.3, 0.4) is 0 Å². The first-order valence-corrected chi connectivity index (χ1v) is 8.17. The zero-order valence-corrected chi connectivity index (χ0v) is 16.6. The zero-order valence-electron chi connectivity index (χ0n) is 17.6. The number of aryl methyl sites for hydroxylation is 2. The molecule has 0 aliphatic rings. The number of nitrogens with zero attached hydrogens (tertiary/aromatic N) is 2. The van der Waals surface area contributed by atoms with Crippen LogP contribution < -0.4 is 18.9 Å². The summed E-state index contributed by atoms with van der Waals surface area (Å²) < 4.78 is 77.7. The average Bonchev–Trinajstić information content (AvgIpc) is 2.60. The number of aromatic nitrogens is 2. The number of carbonyl (C=O) groups excluding carboxylic acids is 1. The average molecular weight is 462 g/mol. The smallest absolute Gasteiger partial charge is 1.00 e. The summed E-state index contributed by atoms with van der Waals surface area (Å²) >= 11 is 0. The monoisotopic (exact) mass is 462 g/mol. The number of hydrogen-bond acceptors (Lipinski definition) is 5. The number of alkyl halides is 6. The Labute approximate surface area is 199 Å². The summed E-state index contributed by atoms with van der Waals surface area (Å²) in [6.07, 6.45) is -8.92. The van der Waals surface area contributed by atoms with Crippen LogP contribution in [0.5, 0.6) is 0 Å². The van der Waals surface area contributed by atoms with Crippen molar-refractivity contribution in [3.05, 3.63) is 58.2 Å². The Morgan fingerprint density at radius 3 is 1.77 bits per heavy atom. The number of rotatable bonds is 3. The van der Waals surface area contributed by atoms with Crippen LogP contribution in [-0.2, 0) is 23.7 Å². The molecular formula is C18H22AlF6LiN2O3. The van der Waals surface area contributed by atoms with Crippen molar-refractivity contribution < 1.29 is 61.3 Å². The number of aliphatic hydroxyl groups excluding tert-OH is 1. The van der Waals surface area contributed by atoms with Gasteiger partial charge in [-0.3, -0.25) is 0 Å². The van der Waals surface area contributed by atoms with Gasteiger partial charge in [-0.2, -0.15) is 26.3 Å². The van der Waals surface area contributed by atoms with Crippen LogP contribution in [0, 0.1) is 13.8 Å². The molecule has 2 aromatic heterocycles. The number of hydrogen-bond donors (Lipinski definition) is 1. The molecule has 0 aliphatic heterocycles. The van der Waals surface area contributed by atoms with Crippen LogP contribution in [0.1, 0.15) is 47.0 Å². The molecule has 5 nitrogen and oxygen atoms in total. The number of pyridine rings is 2. The first kappa shape index (κ1) is 31.6. The maximum atomic E-state index is 12.3. The second kappa shape index (κ2) is 13.1. The van der Waals surface area contributed by atoms with Crippen molar-refractivity contribution in [3.63, 3.8) is 0 Å². The van der Waals surface area contributed by atoms with E-state index in [0.29, 0.717) is 5.56 Å². The molecule has 31 heavy (non-hydrogen) atoms. The van der Waals surface area contributed by atoms with Crippen molar-refractivity contribution in [2.24, 2.45) is 0 Å². The maximum Gasteiger partial charge on any atom is 1.00 e. The molecule has 2 heterocycles. The number of carbonyl (C=O) groups is 1. The summed E-state index contributed by atoms with van der Waals surface area (Å²) in [5, 5.41) is 8.69. The largest absolute Gasteiger partial charge is 1.00 e. The molecule has 0 bridgehead atoms. The van der Waals surface area contributed by atoms with Crippen molar-refractivity contribution in [1.82, 2.24) is 9.97 Å². The molecule has 13 heteroatoms. The van der Waals surface area contributed by atoms with E-state index in [1.807, 2.05) is 0 Å². The van der Waals surface area contributed by atoms with Crippen LogP contribution in [0.25, 0.3) is 0 Å². The van der Waals surface area contributed by atoms with Gasteiger partial charge < -0.3 is 11.3 Å². The molecule has 2 aromatic rings. The fourth-order valence-corrected chi connectivity index (χ4v) is 2.06. The molecule has 0 unspecified atom stereocenters. The Morgan fingerprint density at radius 2 is 1.42 bits per heavy atom. The van der Waals surface area contributed by atoms with Gasteiger partial charge in [-0.25, -0.2) is 14.8 Å². The molecule has 0 saturated carbocycles. The zero-order chi connectivity index (χ0) is 22.4. The second-order valence-corrected chi connectivity index (χ2v) is 5.64. The van der Waals surface area contributed by atoms with Gasteiger partial charge in [0.1, 0.15) is 11.4 Å². The molecule has 0 aliphatic carbocycles. The third-order valence-electron chi connectivity index (χ3n) is 3.53. The molecule has 2 rings (SSSR count). The molecule has 0 radical (unpaired) electrons. The Kier molecular flexibility index (Phi) is 13.4. The molecule has 0 fully saturated rings. The maximum absolute atomic E-state index is 12.3. The summed E-state index contributed by atoms with van der Waals surface area (Å²) in [6.45, 7) is 4.25. The predicted molar refractivity (Wildman–Crippen MR) is 101 cm³/mol. The van der Waals surface area contributed by atoms with E-state index in [2.05, 4.69) is 14.7 Å². The van der Waals surface area contributed by atoms with E-state index in [1.165, 1.54) is 19.9 Å². The van der Waals surface area contributed by atoms with Crippen LogP contribution in [0.15, 0.2) is 24.3 Å². The SMILES string of the molecule is CCOC(=O)c1ccc(C(F)(F)F)nc1C.Cc1nc(C(F)(F)F)ccc1CO.[AlH3].[H-].[Li+]. The number of esters is 1. The molecule has 0 aromatic carbocycles. The van der Waals surface area contributed by atoms with E-state index in [9.17, 15) is 31.1 Å². The van der Waals surface area contributed by atoms with Crippen LogP contribution >= 0.6 is 0 Å².